The summed E-state index contributed by atoms with van der Waals surface area (Å²) in [6, 6.07) is 6.65. The fourth-order valence-corrected chi connectivity index (χ4v) is 3.04. The van der Waals surface area contributed by atoms with Crippen LogP contribution in [-0.2, 0) is 14.8 Å². The molecule has 1 heterocycles. The van der Waals surface area contributed by atoms with Crippen molar-refractivity contribution in [2.75, 3.05) is 11.8 Å². The Morgan fingerprint density at radius 3 is 2.33 bits per heavy atom. The molecule has 6 nitrogen and oxygen atoms in total. The van der Waals surface area contributed by atoms with E-state index in [9.17, 15) is 13.2 Å². The summed E-state index contributed by atoms with van der Waals surface area (Å²) in [5, 5.41) is 0. The molecule has 7 heteroatoms. The molecular weight excluding hydrogens is 292 g/mol. The normalized spacial score (nSPS) is 11.2. The number of aromatic amines is 1. The molecule has 1 aromatic carbocycles. The van der Waals surface area contributed by atoms with Crippen LogP contribution in [0.4, 0.5) is 5.69 Å². The third-order valence-electron chi connectivity index (χ3n) is 2.85. The van der Waals surface area contributed by atoms with Crippen LogP contribution >= 0.6 is 0 Å². The monoisotopic (exact) mass is 308 g/mol. The summed E-state index contributed by atoms with van der Waals surface area (Å²) in [5.74, 6) is -0.622. The lowest BCUT2D eigenvalue weighted by atomic mass is 10.1. The SMILES string of the molecule is COC(=O)c1cc(S(=O)(=O)Nc2cc(C)cc(C)c2)c[nH]1. The number of aryl methyl sites for hydroxylation is 2. The van der Waals surface area contributed by atoms with Gasteiger partial charge in [-0.05, 0) is 43.2 Å². The van der Waals surface area contributed by atoms with Crippen LogP contribution in [0, 0.1) is 13.8 Å². The highest BCUT2D eigenvalue weighted by atomic mass is 32.2. The number of carbonyl (C=O) groups excluding carboxylic acids is 1. The number of methoxy groups -OCH3 is 1. The average molecular weight is 308 g/mol. The maximum absolute atomic E-state index is 12.3. The Morgan fingerprint density at radius 1 is 1.14 bits per heavy atom. The Labute approximate surface area is 123 Å². The van der Waals surface area contributed by atoms with Crippen LogP contribution in [0.3, 0.4) is 0 Å². The summed E-state index contributed by atoms with van der Waals surface area (Å²) in [6.45, 7) is 3.77. The average Bonchev–Trinajstić information content (AvgIpc) is 2.86. The molecule has 0 aliphatic heterocycles. The van der Waals surface area contributed by atoms with Crippen molar-refractivity contribution in [1.29, 1.82) is 0 Å². The van der Waals surface area contributed by atoms with Gasteiger partial charge in [-0.1, -0.05) is 6.07 Å². The predicted molar refractivity (Wildman–Crippen MR) is 78.9 cm³/mol. The number of sulfonamides is 1. The lowest BCUT2D eigenvalue weighted by molar-refractivity contribution is 0.0595. The molecule has 2 N–H and O–H groups in total. The van der Waals surface area contributed by atoms with Crippen molar-refractivity contribution in [2.24, 2.45) is 0 Å². The molecule has 112 valence electrons. The van der Waals surface area contributed by atoms with Crippen LogP contribution in [-0.4, -0.2) is 26.5 Å². The van der Waals surface area contributed by atoms with E-state index in [-0.39, 0.29) is 10.6 Å². The zero-order valence-electron chi connectivity index (χ0n) is 11.9. The Bertz CT molecular complexity index is 758. The molecule has 2 aromatic rings. The van der Waals surface area contributed by atoms with Crippen LogP contribution in [0.15, 0.2) is 35.4 Å². The summed E-state index contributed by atoms with van der Waals surface area (Å²) in [6.07, 6.45) is 1.25. The number of aromatic nitrogens is 1. The largest absolute Gasteiger partial charge is 0.464 e. The quantitative estimate of drug-likeness (QED) is 0.848. The molecule has 2 rings (SSSR count). The number of anilines is 1. The summed E-state index contributed by atoms with van der Waals surface area (Å²) in [5.41, 5.74) is 2.47. The van der Waals surface area contributed by atoms with Crippen molar-refractivity contribution in [3.63, 3.8) is 0 Å². The van der Waals surface area contributed by atoms with Gasteiger partial charge in [-0.15, -0.1) is 0 Å². The summed E-state index contributed by atoms with van der Waals surface area (Å²) >= 11 is 0. The zero-order valence-corrected chi connectivity index (χ0v) is 12.7. The molecular formula is C14H16N2O4S. The first-order chi connectivity index (χ1) is 9.81. The second kappa shape index (κ2) is 5.61. The van der Waals surface area contributed by atoms with Crippen molar-refractivity contribution in [3.8, 4) is 0 Å². The van der Waals surface area contributed by atoms with E-state index in [2.05, 4.69) is 14.4 Å². The fraction of sp³-hybridized carbons (Fsp3) is 0.214. The number of rotatable bonds is 4. The minimum absolute atomic E-state index is 0.0259. The van der Waals surface area contributed by atoms with Gasteiger partial charge < -0.3 is 9.72 Å². The lowest BCUT2D eigenvalue weighted by Gasteiger charge is -2.08. The molecule has 0 radical (unpaired) electrons. The number of ether oxygens (including phenoxy) is 1. The second-order valence-electron chi connectivity index (χ2n) is 4.72. The molecule has 0 saturated carbocycles. The van der Waals surface area contributed by atoms with Crippen LogP contribution in [0.5, 0.6) is 0 Å². The third-order valence-corrected chi connectivity index (χ3v) is 4.21. The maximum Gasteiger partial charge on any atom is 0.354 e. The molecule has 0 saturated heterocycles. The van der Waals surface area contributed by atoms with Crippen molar-refractivity contribution in [1.82, 2.24) is 4.98 Å². The molecule has 0 aliphatic rings. The van der Waals surface area contributed by atoms with Crippen molar-refractivity contribution in [2.45, 2.75) is 18.7 Å². The Morgan fingerprint density at radius 2 is 1.76 bits per heavy atom. The molecule has 0 atom stereocenters. The van der Waals surface area contributed by atoms with Crippen molar-refractivity contribution < 1.29 is 17.9 Å². The fourth-order valence-electron chi connectivity index (χ4n) is 2.01. The number of H-pyrrole nitrogens is 1. The van der Waals surface area contributed by atoms with E-state index < -0.39 is 16.0 Å². The highest BCUT2D eigenvalue weighted by Crippen LogP contribution is 2.19. The van der Waals surface area contributed by atoms with E-state index in [1.54, 1.807) is 12.1 Å². The highest BCUT2D eigenvalue weighted by molar-refractivity contribution is 7.92. The molecule has 1 aromatic heterocycles. The molecule has 0 unspecified atom stereocenters. The molecule has 0 amide bonds. The zero-order chi connectivity index (χ0) is 15.6. The predicted octanol–water partition coefficient (Wildman–Crippen LogP) is 2.22. The Balaban J connectivity index is 2.30. The van der Waals surface area contributed by atoms with Gasteiger partial charge in [0.2, 0.25) is 0 Å². The van der Waals surface area contributed by atoms with E-state index in [1.807, 2.05) is 19.9 Å². The topological polar surface area (TPSA) is 88.3 Å². The van der Waals surface area contributed by atoms with Gasteiger partial charge in [-0.3, -0.25) is 4.72 Å². The van der Waals surface area contributed by atoms with E-state index in [4.69, 9.17) is 0 Å². The van der Waals surface area contributed by atoms with Gasteiger partial charge in [0.1, 0.15) is 10.6 Å². The van der Waals surface area contributed by atoms with Crippen molar-refractivity contribution >= 4 is 21.7 Å². The third kappa shape index (κ3) is 3.43. The van der Waals surface area contributed by atoms with Crippen LogP contribution in [0.25, 0.3) is 0 Å². The van der Waals surface area contributed by atoms with Gasteiger partial charge >= 0.3 is 5.97 Å². The number of esters is 1. The molecule has 21 heavy (non-hydrogen) atoms. The van der Waals surface area contributed by atoms with Gasteiger partial charge in [0.25, 0.3) is 10.0 Å². The van der Waals surface area contributed by atoms with Crippen molar-refractivity contribution in [3.05, 3.63) is 47.3 Å². The number of nitrogens with one attached hydrogen (secondary N) is 2. The summed E-state index contributed by atoms with van der Waals surface area (Å²) < 4.78 is 31.5. The Kier molecular flexibility index (Phi) is 4.04. The number of hydrogen-bond donors (Lipinski definition) is 2. The van der Waals surface area contributed by atoms with Crippen LogP contribution < -0.4 is 4.72 Å². The first kappa shape index (κ1) is 15.1. The van der Waals surface area contributed by atoms with Crippen LogP contribution in [0.1, 0.15) is 21.6 Å². The number of carbonyl (C=O) groups is 1. The van der Waals surface area contributed by atoms with E-state index in [1.165, 1.54) is 19.4 Å². The first-order valence-corrected chi connectivity index (χ1v) is 7.68. The van der Waals surface area contributed by atoms with Gasteiger partial charge in [-0.25, -0.2) is 13.2 Å². The smallest absolute Gasteiger partial charge is 0.354 e. The van der Waals surface area contributed by atoms with E-state index in [0.29, 0.717) is 5.69 Å². The lowest BCUT2D eigenvalue weighted by Crippen LogP contribution is -2.12. The van der Waals surface area contributed by atoms with E-state index in [0.717, 1.165) is 11.1 Å². The maximum atomic E-state index is 12.3. The Hall–Kier alpha value is -2.28. The molecule has 0 bridgehead atoms. The molecule has 0 fully saturated rings. The van der Waals surface area contributed by atoms with Gasteiger partial charge in [-0.2, -0.15) is 0 Å². The van der Waals surface area contributed by atoms with Gasteiger partial charge in [0.15, 0.2) is 0 Å². The standard InChI is InChI=1S/C14H16N2O4S/c1-9-4-10(2)6-11(5-9)16-21(18,19)12-7-13(15-8-12)14(17)20-3/h4-8,15-16H,1-3H3. The molecule has 0 spiro atoms. The highest BCUT2D eigenvalue weighted by Gasteiger charge is 2.19. The van der Waals surface area contributed by atoms with Gasteiger partial charge in [0, 0.05) is 11.9 Å². The minimum Gasteiger partial charge on any atom is -0.464 e. The number of benzene rings is 1. The summed E-state index contributed by atoms with van der Waals surface area (Å²) in [7, 11) is -2.53. The van der Waals surface area contributed by atoms with E-state index >= 15 is 0 Å². The number of hydrogen-bond acceptors (Lipinski definition) is 4. The first-order valence-electron chi connectivity index (χ1n) is 6.19. The second-order valence-corrected chi connectivity index (χ2v) is 6.40. The van der Waals surface area contributed by atoms with Gasteiger partial charge in [0.05, 0.1) is 7.11 Å². The molecule has 0 aliphatic carbocycles. The summed E-state index contributed by atoms with van der Waals surface area (Å²) in [4.78, 5) is 13.9. The van der Waals surface area contributed by atoms with Crippen LogP contribution in [0.2, 0.25) is 0 Å². The minimum atomic E-state index is -3.76.